The molecule has 3 aromatic rings. The van der Waals surface area contributed by atoms with Gasteiger partial charge >= 0.3 is 0 Å². The van der Waals surface area contributed by atoms with Gasteiger partial charge in [-0.15, -0.1) is 34.0 Å². The van der Waals surface area contributed by atoms with Crippen LogP contribution in [-0.2, 0) is 11.2 Å². The van der Waals surface area contributed by atoms with Gasteiger partial charge in [0.25, 0.3) is 0 Å². The molecule has 1 amide bonds. The van der Waals surface area contributed by atoms with Gasteiger partial charge in [0.1, 0.15) is 5.01 Å². The van der Waals surface area contributed by atoms with Gasteiger partial charge in [0.15, 0.2) is 0 Å². The molecule has 0 saturated heterocycles. The molecule has 0 bridgehead atoms. The fourth-order valence-corrected chi connectivity index (χ4v) is 5.17. The predicted molar refractivity (Wildman–Crippen MR) is 99.5 cm³/mol. The summed E-state index contributed by atoms with van der Waals surface area (Å²) in [7, 11) is 0. The molecule has 3 nitrogen and oxygen atoms in total. The Bertz CT molecular complexity index is 802. The number of amides is 1. The maximum absolute atomic E-state index is 12.3. The average molecular weight is 363 g/mol. The van der Waals surface area contributed by atoms with Crippen molar-refractivity contribution in [3.63, 3.8) is 0 Å². The smallest absolute Gasteiger partial charge is 0.226 e. The zero-order chi connectivity index (χ0) is 16.4. The van der Waals surface area contributed by atoms with Crippen molar-refractivity contribution in [2.24, 2.45) is 0 Å². The first-order valence-electron chi connectivity index (χ1n) is 7.37. The number of thiazole rings is 1. The molecular weight excluding hydrogens is 344 g/mol. The number of hydrogen-bond donors (Lipinski definition) is 1. The van der Waals surface area contributed by atoms with E-state index in [0.29, 0.717) is 6.42 Å². The molecular formula is C17H18N2OS3. The molecule has 0 saturated carbocycles. The highest BCUT2D eigenvalue weighted by atomic mass is 32.1. The first-order valence-corrected chi connectivity index (χ1v) is 9.95. The van der Waals surface area contributed by atoms with E-state index >= 15 is 0 Å². The number of aromatic nitrogens is 1. The highest BCUT2D eigenvalue weighted by Crippen LogP contribution is 2.28. The number of carbonyl (C=O) groups is 1. The van der Waals surface area contributed by atoms with Crippen LogP contribution in [0.5, 0.6) is 0 Å². The van der Waals surface area contributed by atoms with Crippen LogP contribution in [0.1, 0.15) is 34.0 Å². The fourth-order valence-electron chi connectivity index (χ4n) is 2.52. The molecule has 23 heavy (non-hydrogen) atoms. The molecule has 0 aliphatic carbocycles. The predicted octanol–water partition coefficient (Wildman–Crippen LogP) is 4.97. The Morgan fingerprint density at radius 2 is 2.17 bits per heavy atom. The van der Waals surface area contributed by atoms with E-state index < -0.39 is 0 Å². The first kappa shape index (κ1) is 16.4. The first-order chi connectivity index (χ1) is 11.0. The van der Waals surface area contributed by atoms with Gasteiger partial charge < -0.3 is 5.32 Å². The van der Waals surface area contributed by atoms with Crippen LogP contribution in [0.2, 0.25) is 0 Å². The molecule has 0 radical (unpaired) electrons. The number of thiophene rings is 2. The molecule has 3 rings (SSSR count). The van der Waals surface area contributed by atoms with Gasteiger partial charge in [0.2, 0.25) is 5.91 Å². The van der Waals surface area contributed by atoms with Gasteiger partial charge in [0, 0.05) is 15.1 Å². The summed E-state index contributed by atoms with van der Waals surface area (Å²) in [4.78, 5) is 20.5. The maximum atomic E-state index is 12.3. The van der Waals surface area contributed by atoms with Crippen molar-refractivity contribution in [1.82, 2.24) is 10.3 Å². The molecule has 120 valence electrons. The lowest BCUT2D eigenvalue weighted by atomic mass is 10.1. The highest BCUT2D eigenvalue weighted by Gasteiger charge is 2.15. The van der Waals surface area contributed by atoms with Gasteiger partial charge in [-0.25, -0.2) is 4.98 Å². The minimum Gasteiger partial charge on any atom is -0.349 e. The summed E-state index contributed by atoms with van der Waals surface area (Å²) >= 11 is 5.03. The number of rotatable bonds is 5. The van der Waals surface area contributed by atoms with Crippen molar-refractivity contribution in [2.45, 2.75) is 33.2 Å². The summed E-state index contributed by atoms with van der Waals surface area (Å²) < 4.78 is 0. The van der Waals surface area contributed by atoms with E-state index in [-0.39, 0.29) is 11.9 Å². The Labute approximate surface area is 148 Å². The van der Waals surface area contributed by atoms with Crippen LogP contribution in [-0.4, -0.2) is 10.9 Å². The van der Waals surface area contributed by atoms with Crippen molar-refractivity contribution in [3.8, 4) is 9.88 Å². The zero-order valence-corrected chi connectivity index (χ0v) is 15.7. The molecule has 0 fully saturated rings. The van der Waals surface area contributed by atoms with Crippen LogP contribution in [0, 0.1) is 13.8 Å². The number of carbonyl (C=O) groups excluding carboxylic acids is 1. The van der Waals surface area contributed by atoms with Crippen LogP contribution in [0.15, 0.2) is 29.0 Å². The quantitative estimate of drug-likeness (QED) is 0.696. The van der Waals surface area contributed by atoms with E-state index in [1.165, 1.54) is 15.3 Å². The SMILES string of the molecule is Cc1cc([C@H](C)NC(=O)Cc2csc(-c3cccs3)n2)c(C)s1. The van der Waals surface area contributed by atoms with Gasteiger partial charge in [0.05, 0.1) is 23.0 Å². The molecule has 0 unspecified atom stereocenters. The minimum atomic E-state index is 0.0174. The van der Waals surface area contributed by atoms with Crippen molar-refractivity contribution in [1.29, 1.82) is 0 Å². The molecule has 0 aromatic carbocycles. The van der Waals surface area contributed by atoms with Gasteiger partial charge in [-0.05, 0) is 43.8 Å². The third-order valence-corrected chi connectivity index (χ3v) is 6.46. The highest BCUT2D eigenvalue weighted by molar-refractivity contribution is 7.20. The second-order valence-electron chi connectivity index (χ2n) is 5.46. The van der Waals surface area contributed by atoms with Gasteiger partial charge in [-0.3, -0.25) is 4.79 Å². The standard InChI is InChI=1S/C17H18N2OS3/c1-10-7-14(12(3)23-10)11(2)18-16(20)8-13-9-22-17(19-13)15-5-4-6-21-15/h4-7,9,11H,8H2,1-3H3,(H,18,20)/t11-/m0/s1. The summed E-state index contributed by atoms with van der Waals surface area (Å²) in [6.45, 7) is 6.23. The molecule has 0 aliphatic rings. The molecule has 1 N–H and O–H groups in total. The largest absolute Gasteiger partial charge is 0.349 e. The lowest BCUT2D eigenvalue weighted by Crippen LogP contribution is -2.28. The van der Waals surface area contributed by atoms with Crippen molar-refractivity contribution >= 4 is 39.9 Å². The van der Waals surface area contributed by atoms with E-state index in [4.69, 9.17) is 0 Å². The zero-order valence-electron chi connectivity index (χ0n) is 13.3. The molecule has 0 spiro atoms. The van der Waals surface area contributed by atoms with Crippen LogP contribution < -0.4 is 5.32 Å². The minimum absolute atomic E-state index is 0.0174. The number of nitrogens with one attached hydrogen (secondary N) is 1. The Kier molecular flexibility index (Phi) is 4.94. The topological polar surface area (TPSA) is 42.0 Å². The number of nitrogens with zero attached hydrogens (tertiary/aromatic N) is 1. The Balaban J connectivity index is 1.62. The second-order valence-corrected chi connectivity index (χ2v) is 8.72. The van der Waals surface area contributed by atoms with Crippen LogP contribution >= 0.6 is 34.0 Å². The van der Waals surface area contributed by atoms with Crippen LogP contribution in [0.3, 0.4) is 0 Å². The van der Waals surface area contributed by atoms with Crippen molar-refractivity contribution < 1.29 is 4.79 Å². The molecule has 3 aromatic heterocycles. The summed E-state index contributed by atoms with van der Waals surface area (Å²) in [6.07, 6.45) is 0.328. The van der Waals surface area contributed by atoms with E-state index in [0.717, 1.165) is 15.6 Å². The molecule has 6 heteroatoms. The average Bonchev–Trinajstić information content (AvgIpc) is 3.19. The monoisotopic (exact) mass is 362 g/mol. The summed E-state index contributed by atoms with van der Waals surface area (Å²) in [6, 6.07) is 6.25. The Hall–Kier alpha value is -1.50. The maximum Gasteiger partial charge on any atom is 0.226 e. The number of hydrogen-bond acceptors (Lipinski definition) is 5. The van der Waals surface area contributed by atoms with Gasteiger partial charge in [-0.1, -0.05) is 6.07 Å². The molecule has 3 heterocycles. The van der Waals surface area contributed by atoms with Crippen LogP contribution in [0.25, 0.3) is 9.88 Å². The molecule has 1 atom stereocenters. The lowest BCUT2D eigenvalue weighted by Gasteiger charge is -2.13. The van der Waals surface area contributed by atoms with E-state index in [2.05, 4.69) is 36.3 Å². The Morgan fingerprint density at radius 3 is 2.83 bits per heavy atom. The van der Waals surface area contributed by atoms with Crippen molar-refractivity contribution in [3.05, 3.63) is 50.0 Å². The number of aryl methyl sites for hydroxylation is 2. The molecule has 0 aliphatic heterocycles. The van der Waals surface area contributed by atoms with Gasteiger partial charge in [-0.2, -0.15) is 0 Å². The third kappa shape index (κ3) is 3.88. The second kappa shape index (κ2) is 6.95. The normalized spacial score (nSPS) is 12.3. The summed E-state index contributed by atoms with van der Waals surface area (Å²) in [5.74, 6) is 0.0174. The summed E-state index contributed by atoms with van der Waals surface area (Å²) in [5, 5.41) is 8.07. The van der Waals surface area contributed by atoms with E-state index in [1.807, 2.05) is 23.8 Å². The lowest BCUT2D eigenvalue weighted by molar-refractivity contribution is -0.121. The van der Waals surface area contributed by atoms with E-state index in [1.54, 1.807) is 34.0 Å². The Morgan fingerprint density at radius 1 is 1.35 bits per heavy atom. The summed E-state index contributed by atoms with van der Waals surface area (Å²) in [5.41, 5.74) is 2.04. The third-order valence-electron chi connectivity index (χ3n) is 3.55. The fraction of sp³-hybridized carbons (Fsp3) is 0.294. The van der Waals surface area contributed by atoms with Crippen molar-refractivity contribution in [2.75, 3.05) is 0 Å². The van der Waals surface area contributed by atoms with Crippen LogP contribution in [0.4, 0.5) is 0 Å². The van der Waals surface area contributed by atoms with E-state index in [9.17, 15) is 4.79 Å².